The molecule has 0 radical (unpaired) electrons. The van der Waals surface area contributed by atoms with E-state index in [2.05, 4.69) is 37.5 Å². The van der Waals surface area contributed by atoms with Gasteiger partial charge in [0.1, 0.15) is 0 Å². The van der Waals surface area contributed by atoms with Crippen LogP contribution in [0.25, 0.3) is 0 Å². The third kappa shape index (κ3) is 3.46. The zero-order valence-electron chi connectivity index (χ0n) is 8.06. The number of hydrogen-bond acceptors (Lipinski definition) is 0. The van der Waals surface area contributed by atoms with Gasteiger partial charge in [0.15, 0.2) is 0 Å². The maximum absolute atomic E-state index is 3.71. The summed E-state index contributed by atoms with van der Waals surface area (Å²) in [5.74, 6) is 0. The molecule has 11 heavy (non-hydrogen) atoms. The van der Waals surface area contributed by atoms with E-state index in [1.165, 1.54) is 13.3 Å². The molecule has 0 fully saturated rings. The zero-order valence-corrected chi connectivity index (χ0v) is 10.9. The summed E-state index contributed by atoms with van der Waals surface area (Å²) in [6.07, 6.45) is 4.07. The van der Waals surface area contributed by atoms with Gasteiger partial charge in [0.25, 0.3) is 0 Å². The summed E-state index contributed by atoms with van der Waals surface area (Å²) < 4.78 is 6.81. The molecule has 0 spiro atoms. The summed E-state index contributed by atoms with van der Waals surface area (Å²) in [4.78, 5) is 0. The van der Waals surface area contributed by atoms with Crippen LogP contribution in [0.2, 0.25) is 13.3 Å². The molecule has 0 aliphatic carbocycles. The van der Waals surface area contributed by atoms with Gasteiger partial charge in [0, 0.05) is 0 Å². The van der Waals surface area contributed by atoms with E-state index in [4.69, 9.17) is 0 Å². The van der Waals surface area contributed by atoms with Gasteiger partial charge in [-0.15, -0.1) is 0 Å². The fraction of sp³-hybridized carbons (Fsp3) is 0.600. The molecular formula is C10H20Sn. The van der Waals surface area contributed by atoms with Crippen molar-refractivity contribution in [1.29, 1.82) is 0 Å². The molecule has 0 aliphatic rings. The Morgan fingerprint density at radius 2 is 1.55 bits per heavy atom. The van der Waals surface area contributed by atoms with Crippen LogP contribution in [0, 0.1) is 0 Å². The summed E-state index contributed by atoms with van der Waals surface area (Å²) in [6, 6.07) is 0. The maximum atomic E-state index is 3.71. The molecule has 0 saturated heterocycles. The van der Waals surface area contributed by atoms with E-state index in [0.29, 0.717) is 0 Å². The Kier molecular flexibility index (Phi) is 6.02. The fourth-order valence-electron chi connectivity index (χ4n) is 1.38. The van der Waals surface area contributed by atoms with E-state index in [9.17, 15) is 0 Å². The van der Waals surface area contributed by atoms with Crippen molar-refractivity contribution in [3.8, 4) is 0 Å². The minimum absolute atomic E-state index is 1.44. The van der Waals surface area contributed by atoms with Crippen molar-refractivity contribution in [2.24, 2.45) is 0 Å². The molecule has 0 amide bonds. The Hall–Kier alpha value is 0.279. The van der Waals surface area contributed by atoms with Crippen molar-refractivity contribution in [1.82, 2.24) is 0 Å². The SMILES string of the molecule is C=CC=[CH][Sn]([CH2]C)([CH2]C)[CH2]C. The molecule has 0 aromatic carbocycles. The van der Waals surface area contributed by atoms with Gasteiger partial charge in [-0.3, -0.25) is 0 Å². The molecule has 0 N–H and O–H groups in total. The van der Waals surface area contributed by atoms with E-state index >= 15 is 0 Å². The molecule has 1 heteroatoms. The van der Waals surface area contributed by atoms with Gasteiger partial charge in [0.05, 0.1) is 0 Å². The summed E-state index contributed by atoms with van der Waals surface area (Å²) in [7, 11) is 0. The van der Waals surface area contributed by atoms with Crippen molar-refractivity contribution in [2.75, 3.05) is 0 Å². The van der Waals surface area contributed by atoms with Crippen molar-refractivity contribution in [3.05, 3.63) is 22.8 Å². The molecule has 0 rings (SSSR count). The fourth-order valence-corrected chi connectivity index (χ4v) is 9.23. The van der Waals surface area contributed by atoms with Crippen LogP contribution in [0.5, 0.6) is 0 Å². The molecule has 0 aromatic heterocycles. The van der Waals surface area contributed by atoms with Crippen molar-refractivity contribution >= 4 is 18.4 Å². The predicted molar refractivity (Wildman–Crippen MR) is 56.5 cm³/mol. The minimum atomic E-state index is -1.71. The van der Waals surface area contributed by atoms with E-state index < -0.39 is 18.4 Å². The van der Waals surface area contributed by atoms with Crippen molar-refractivity contribution in [3.63, 3.8) is 0 Å². The number of hydrogen-bond donors (Lipinski definition) is 0. The van der Waals surface area contributed by atoms with Gasteiger partial charge < -0.3 is 0 Å². The molecule has 0 bridgehead atoms. The summed E-state index contributed by atoms with van der Waals surface area (Å²) in [6.45, 7) is 10.7. The Balaban J connectivity index is 4.27. The summed E-state index contributed by atoms with van der Waals surface area (Å²) in [5, 5.41) is 0. The van der Waals surface area contributed by atoms with Crippen molar-refractivity contribution < 1.29 is 0 Å². The third-order valence-corrected chi connectivity index (χ3v) is 17.3. The molecule has 0 saturated carbocycles. The van der Waals surface area contributed by atoms with Crippen LogP contribution in [0.1, 0.15) is 20.8 Å². The monoisotopic (exact) mass is 260 g/mol. The molecular weight excluding hydrogens is 239 g/mol. The Morgan fingerprint density at radius 3 is 1.82 bits per heavy atom. The van der Waals surface area contributed by atoms with Crippen molar-refractivity contribution in [2.45, 2.75) is 34.1 Å². The Bertz CT molecular complexity index is 124. The quantitative estimate of drug-likeness (QED) is 0.520. The Labute approximate surface area is 75.3 Å². The number of rotatable bonds is 5. The standard InChI is InChI=1S/C4H5.3C2H5.Sn/c1-3-4-2;3*1-2;/h1,3-4H,2H2;3*1H2,2H3;. The van der Waals surface area contributed by atoms with Crippen LogP contribution < -0.4 is 0 Å². The van der Waals surface area contributed by atoms with Gasteiger partial charge in [-0.1, -0.05) is 0 Å². The van der Waals surface area contributed by atoms with Crippen LogP contribution in [0.4, 0.5) is 0 Å². The van der Waals surface area contributed by atoms with Crippen LogP contribution in [0.15, 0.2) is 22.8 Å². The van der Waals surface area contributed by atoms with E-state index in [-0.39, 0.29) is 0 Å². The topological polar surface area (TPSA) is 0 Å². The van der Waals surface area contributed by atoms with Gasteiger partial charge in [-0.25, -0.2) is 0 Å². The van der Waals surface area contributed by atoms with E-state index in [0.717, 1.165) is 0 Å². The van der Waals surface area contributed by atoms with Gasteiger partial charge >= 0.3 is 75.3 Å². The molecule has 0 aliphatic heterocycles. The first kappa shape index (κ1) is 11.3. The van der Waals surface area contributed by atoms with E-state index in [1.54, 1.807) is 0 Å². The first-order valence-electron chi connectivity index (χ1n) is 4.55. The molecule has 64 valence electrons. The average Bonchev–Trinajstić information content (AvgIpc) is 2.08. The summed E-state index contributed by atoms with van der Waals surface area (Å²) in [5.41, 5.74) is 0. The first-order chi connectivity index (χ1) is 5.24. The second kappa shape index (κ2) is 5.87. The summed E-state index contributed by atoms with van der Waals surface area (Å²) >= 11 is -1.71. The molecule has 0 aromatic rings. The average molecular weight is 259 g/mol. The second-order valence-corrected chi connectivity index (χ2v) is 17.8. The molecule has 0 heterocycles. The second-order valence-electron chi connectivity index (χ2n) is 3.02. The molecule has 0 atom stereocenters. The van der Waals surface area contributed by atoms with Crippen LogP contribution in [0.3, 0.4) is 0 Å². The van der Waals surface area contributed by atoms with Crippen LogP contribution in [-0.4, -0.2) is 18.4 Å². The van der Waals surface area contributed by atoms with Gasteiger partial charge in [-0.2, -0.15) is 0 Å². The third-order valence-electron chi connectivity index (χ3n) is 2.70. The Morgan fingerprint density at radius 1 is 1.09 bits per heavy atom. The normalized spacial score (nSPS) is 12.3. The molecule has 0 unspecified atom stereocenters. The van der Waals surface area contributed by atoms with Crippen LogP contribution in [-0.2, 0) is 0 Å². The first-order valence-corrected chi connectivity index (χ1v) is 12.2. The van der Waals surface area contributed by atoms with Gasteiger partial charge in [0.2, 0.25) is 0 Å². The predicted octanol–water partition coefficient (Wildman–Crippen LogP) is 3.78. The zero-order chi connectivity index (χ0) is 8.74. The number of allylic oxidation sites excluding steroid dienone is 2. The molecule has 0 nitrogen and oxygen atoms in total. The van der Waals surface area contributed by atoms with E-state index in [1.807, 2.05) is 6.08 Å². The van der Waals surface area contributed by atoms with Gasteiger partial charge in [-0.05, 0) is 0 Å². The van der Waals surface area contributed by atoms with Crippen LogP contribution >= 0.6 is 0 Å².